The minimum atomic E-state index is 0. The summed E-state index contributed by atoms with van der Waals surface area (Å²) in [5.41, 5.74) is 0. The Labute approximate surface area is 175 Å². The highest BCUT2D eigenvalue weighted by Crippen LogP contribution is 2.42. The Morgan fingerprint density at radius 2 is 2.00 bits per heavy atom. The highest BCUT2D eigenvalue weighted by molar-refractivity contribution is 14.0. The van der Waals surface area contributed by atoms with Gasteiger partial charge in [0.2, 0.25) is 0 Å². The van der Waals surface area contributed by atoms with Crippen LogP contribution in [0.3, 0.4) is 0 Å². The first-order chi connectivity index (χ1) is 11.8. The molecule has 0 amide bonds. The van der Waals surface area contributed by atoms with Crippen molar-refractivity contribution in [2.24, 2.45) is 4.99 Å². The lowest BCUT2D eigenvalue weighted by atomic mass is 9.87. The van der Waals surface area contributed by atoms with E-state index in [0.717, 1.165) is 45.2 Å². The van der Waals surface area contributed by atoms with E-state index in [1.807, 2.05) is 0 Å². The molecule has 0 radical (unpaired) electrons. The molecule has 1 aliphatic carbocycles. The molecule has 1 N–H and O–H groups in total. The predicted molar refractivity (Wildman–Crippen MR) is 119 cm³/mol. The standard InChI is InChI=1S/C18H35N3O2S.HI/c1-3-19-17(20-10-7-12-23-14-13-22-2)21-11-15-24-18(16-21)8-5-4-6-9-18;/h3-16H2,1-2H3,(H,19,20);1H. The van der Waals surface area contributed by atoms with Crippen molar-refractivity contribution in [3.05, 3.63) is 0 Å². The Bertz CT molecular complexity index is 374. The monoisotopic (exact) mass is 485 g/mol. The fraction of sp³-hybridized carbons (Fsp3) is 0.944. The lowest BCUT2D eigenvalue weighted by molar-refractivity contribution is 0.0702. The number of hydrogen-bond donors (Lipinski definition) is 1. The maximum atomic E-state index is 5.52. The zero-order valence-electron chi connectivity index (χ0n) is 15.9. The van der Waals surface area contributed by atoms with Crippen LogP contribution in [-0.2, 0) is 9.47 Å². The number of methoxy groups -OCH3 is 1. The molecular formula is C18H36IN3O2S. The lowest BCUT2D eigenvalue weighted by Gasteiger charge is -2.45. The highest BCUT2D eigenvalue weighted by Gasteiger charge is 2.38. The summed E-state index contributed by atoms with van der Waals surface area (Å²) in [6.07, 6.45) is 7.92. The largest absolute Gasteiger partial charge is 0.382 e. The normalized spacial score (nSPS) is 20.4. The topological polar surface area (TPSA) is 46.1 Å². The summed E-state index contributed by atoms with van der Waals surface area (Å²) in [7, 11) is 1.70. The summed E-state index contributed by atoms with van der Waals surface area (Å²) in [5, 5.41) is 3.49. The second-order valence-electron chi connectivity index (χ2n) is 6.71. The van der Waals surface area contributed by atoms with Gasteiger partial charge >= 0.3 is 0 Å². The van der Waals surface area contributed by atoms with Crippen molar-refractivity contribution in [1.82, 2.24) is 10.2 Å². The second kappa shape index (κ2) is 13.4. The first kappa shape index (κ1) is 23.3. The van der Waals surface area contributed by atoms with Gasteiger partial charge in [0.05, 0.1) is 13.2 Å². The van der Waals surface area contributed by atoms with E-state index in [4.69, 9.17) is 14.5 Å². The van der Waals surface area contributed by atoms with Crippen LogP contribution in [0.4, 0.5) is 0 Å². The Kier molecular flexibility index (Phi) is 12.5. The number of thioether (sulfide) groups is 1. The fourth-order valence-electron chi connectivity index (χ4n) is 3.55. The molecule has 0 bridgehead atoms. The van der Waals surface area contributed by atoms with E-state index in [2.05, 4.69) is 28.9 Å². The molecule has 0 atom stereocenters. The number of hydrogen-bond acceptors (Lipinski definition) is 4. The molecule has 0 aromatic carbocycles. The van der Waals surface area contributed by atoms with Crippen LogP contribution < -0.4 is 5.32 Å². The van der Waals surface area contributed by atoms with Crippen LogP contribution in [0.15, 0.2) is 4.99 Å². The van der Waals surface area contributed by atoms with Crippen LogP contribution in [0, 0.1) is 0 Å². The van der Waals surface area contributed by atoms with Gasteiger partial charge in [-0.05, 0) is 26.2 Å². The Hall–Kier alpha value is 0.270. The van der Waals surface area contributed by atoms with Crippen molar-refractivity contribution >= 4 is 41.7 Å². The van der Waals surface area contributed by atoms with Gasteiger partial charge in [0.25, 0.3) is 0 Å². The van der Waals surface area contributed by atoms with Gasteiger partial charge in [0, 0.05) is 50.4 Å². The zero-order valence-corrected chi connectivity index (χ0v) is 19.1. The zero-order chi connectivity index (χ0) is 17.1. The summed E-state index contributed by atoms with van der Waals surface area (Å²) in [6.45, 7) is 8.28. The van der Waals surface area contributed by atoms with E-state index in [9.17, 15) is 0 Å². The van der Waals surface area contributed by atoms with Gasteiger partial charge in [0.1, 0.15) is 0 Å². The molecule has 0 unspecified atom stereocenters. The Balaban J connectivity index is 0.00000312. The van der Waals surface area contributed by atoms with E-state index in [0.29, 0.717) is 18.0 Å². The molecule has 148 valence electrons. The molecule has 2 fully saturated rings. The molecule has 1 spiro atoms. The number of nitrogens with zero attached hydrogens (tertiary/aromatic N) is 2. The lowest BCUT2D eigenvalue weighted by Crippen LogP contribution is -2.53. The van der Waals surface area contributed by atoms with Crippen LogP contribution in [0.1, 0.15) is 45.4 Å². The minimum Gasteiger partial charge on any atom is -0.382 e. The third kappa shape index (κ3) is 8.22. The summed E-state index contributed by atoms with van der Waals surface area (Å²) in [5.74, 6) is 2.32. The molecule has 1 saturated heterocycles. The highest BCUT2D eigenvalue weighted by atomic mass is 127. The number of aliphatic imine (C=N–C) groups is 1. The average Bonchev–Trinajstić information content (AvgIpc) is 2.61. The molecule has 1 aliphatic heterocycles. The first-order valence-electron chi connectivity index (χ1n) is 9.53. The quantitative estimate of drug-likeness (QED) is 0.247. The maximum absolute atomic E-state index is 5.52. The van der Waals surface area contributed by atoms with Crippen LogP contribution in [0.2, 0.25) is 0 Å². The van der Waals surface area contributed by atoms with Gasteiger partial charge in [0.15, 0.2) is 5.96 Å². The summed E-state index contributed by atoms with van der Waals surface area (Å²) < 4.78 is 11.0. The van der Waals surface area contributed by atoms with Gasteiger partial charge in [-0.1, -0.05) is 19.3 Å². The van der Waals surface area contributed by atoms with Crippen LogP contribution in [-0.4, -0.2) is 74.5 Å². The van der Waals surface area contributed by atoms with Gasteiger partial charge in [-0.15, -0.1) is 24.0 Å². The Morgan fingerprint density at radius 1 is 1.20 bits per heavy atom. The number of ether oxygens (including phenoxy) is 2. The van der Waals surface area contributed by atoms with Crippen molar-refractivity contribution in [3.63, 3.8) is 0 Å². The van der Waals surface area contributed by atoms with Gasteiger partial charge in [-0.2, -0.15) is 11.8 Å². The van der Waals surface area contributed by atoms with Crippen molar-refractivity contribution in [3.8, 4) is 0 Å². The number of nitrogens with one attached hydrogen (secondary N) is 1. The first-order valence-corrected chi connectivity index (χ1v) is 10.5. The number of rotatable bonds is 8. The molecular weight excluding hydrogens is 449 g/mol. The third-order valence-electron chi connectivity index (χ3n) is 4.79. The molecule has 0 aromatic rings. The molecule has 7 heteroatoms. The van der Waals surface area contributed by atoms with E-state index in [1.165, 1.54) is 37.9 Å². The van der Waals surface area contributed by atoms with Crippen molar-refractivity contribution < 1.29 is 9.47 Å². The predicted octanol–water partition coefficient (Wildman–Crippen LogP) is 3.37. The minimum absolute atomic E-state index is 0. The number of guanidine groups is 1. The second-order valence-corrected chi connectivity index (χ2v) is 8.27. The molecule has 5 nitrogen and oxygen atoms in total. The molecule has 0 aromatic heterocycles. The van der Waals surface area contributed by atoms with Crippen LogP contribution in [0.25, 0.3) is 0 Å². The summed E-state index contributed by atoms with van der Waals surface area (Å²) in [4.78, 5) is 7.34. The van der Waals surface area contributed by atoms with Crippen molar-refractivity contribution in [2.45, 2.75) is 50.2 Å². The SMILES string of the molecule is CCNC(=NCCCOCCOC)N1CCSC2(CCCCC2)C1.I. The average molecular weight is 485 g/mol. The van der Waals surface area contributed by atoms with Gasteiger partial charge in [-0.3, -0.25) is 4.99 Å². The molecule has 25 heavy (non-hydrogen) atoms. The molecule has 1 heterocycles. The summed E-state index contributed by atoms with van der Waals surface area (Å²) in [6, 6.07) is 0. The smallest absolute Gasteiger partial charge is 0.193 e. The molecule has 1 saturated carbocycles. The van der Waals surface area contributed by atoms with Crippen LogP contribution in [0.5, 0.6) is 0 Å². The molecule has 2 rings (SSSR count). The molecule has 2 aliphatic rings. The van der Waals surface area contributed by atoms with Gasteiger partial charge in [-0.25, -0.2) is 0 Å². The Morgan fingerprint density at radius 3 is 2.72 bits per heavy atom. The third-order valence-corrected chi connectivity index (χ3v) is 6.32. The maximum Gasteiger partial charge on any atom is 0.193 e. The van der Waals surface area contributed by atoms with Crippen molar-refractivity contribution in [2.75, 3.05) is 58.9 Å². The number of halogens is 1. The summed E-state index contributed by atoms with van der Waals surface area (Å²) >= 11 is 2.21. The van der Waals surface area contributed by atoms with Gasteiger partial charge < -0.3 is 19.7 Å². The van der Waals surface area contributed by atoms with E-state index < -0.39 is 0 Å². The van der Waals surface area contributed by atoms with E-state index >= 15 is 0 Å². The van der Waals surface area contributed by atoms with Crippen LogP contribution >= 0.6 is 35.7 Å². The fourth-order valence-corrected chi connectivity index (χ4v) is 5.12. The van der Waals surface area contributed by atoms with E-state index in [-0.39, 0.29) is 24.0 Å². The van der Waals surface area contributed by atoms with E-state index in [1.54, 1.807) is 7.11 Å². The van der Waals surface area contributed by atoms with Crippen molar-refractivity contribution in [1.29, 1.82) is 0 Å².